The standard InChI is InChI=1S/C16H22N2OS/c1-4-15-18-14(10-20-15)9-19-16-11(2)6-5-7-13(16)8-12(3)17/h5-7,10,12H,4,8-9,17H2,1-3H3. The molecule has 2 rings (SSSR count). The van der Waals surface area contributed by atoms with Gasteiger partial charge in [0.05, 0.1) is 10.7 Å². The molecule has 0 saturated heterocycles. The van der Waals surface area contributed by atoms with Crippen molar-refractivity contribution in [1.29, 1.82) is 0 Å². The molecule has 0 radical (unpaired) electrons. The molecular weight excluding hydrogens is 268 g/mol. The fourth-order valence-electron chi connectivity index (χ4n) is 2.15. The highest BCUT2D eigenvalue weighted by Gasteiger charge is 2.10. The van der Waals surface area contributed by atoms with Gasteiger partial charge in [0.15, 0.2) is 0 Å². The zero-order valence-electron chi connectivity index (χ0n) is 12.3. The lowest BCUT2D eigenvalue weighted by Gasteiger charge is -2.15. The van der Waals surface area contributed by atoms with Crippen LogP contribution >= 0.6 is 11.3 Å². The highest BCUT2D eigenvalue weighted by Crippen LogP contribution is 2.25. The van der Waals surface area contributed by atoms with E-state index in [2.05, 4.69) is 42.4 Å². The number of hydrogen-bond donors (Lipinski definition) is 1. The third-order valence-electron chi connectivity index (χ3n) is 3.10. The number of rotatable bonds is 6. The lowest BCUT2D eigenvalue weighted by Crippen LogP contribution is -2.18. The number of aromatic nitrogens is 1. The van der Waals surface area contributed by atoms with Crippen molar-refractivity contribution in [3.63, 3.8) is 0 Å². The zero-order chi connectivity index (χ0) is 14.5. The normalized spacial score (nSPS) is 12.4. The van der Waals surface area contributed by atoms with Crippen molar-refractivity contribution >= 4 is 11.3 Å². The van der Waals surface area contributed by atoms with Crippen LogP contribution < -0.4 is 10.5 Å². The highest BCUT2D eigenvalue weighted by atomic mass is 32.1. The first-order valence-corrected chi connectivity index (χ1v) is 7.88. The first kappa shape index (κ1) is 15.0. The molecule has 3 nitrogen and oxygen atoms in total. The Labute approximate surface area is 124 Å². The monoisotopic (exact) mass is 290 g/mol. The molecule has 2 aromatic rings. The van der Waals surface area contributed by atoms with E-state index in [0.717, 1.165) is 34.9 Å². The number of benzene rings is 1. The summed E-state index contributed by atoms with van der Waals surface area (Å²) in [6, 6.07) is 6.34. The van der Waals surface area contributed by atoms with Crippen molar-refractivity contribution in [2.45, 2.75) is 46.3 Å². The average molecular weight is 290 g/mol. The molecule has 0 spiro atoms. The maximum atomic E-state index is 6.00. The first-order valence-electron chi connectivity index (χ1n) is 7.00. The van der Waals surface area contributed by atoms with Gasteiger partial charge in [-0.15, -0.1) is 11.3 Å². The van der Waals surface area contributed by atoms with Crippen LogP contribution in [0.5, 0.6) is 5.75 Å². The quantitative estimate of drug-likeness (QED) is 0.886. The Morgan fingerprint density at radius 1 is 1.40 bits per heavy atom. The van der Waals surface area contributed by atoms with Crippen molar-refractivity contribution in [3.8, 4) is 5.75 Å². The number of hydrogen-bond acceptors (Lipinski definition) is 4. The molecule has 1 atom stereocenters. The van der Waals surface area contributed by atoms with E-state index in [1.54, 1.807) is 11.3 Å². The molecule has 0 aliphatic rings. The van der Waals surface area contributed by atoms with Crippen LogP contribution in [0.3, 0.4) is 0 Å². The summed E-state index contributed by atoms with van der Waals surface area (Å²) in [6.45, 7) is 6.72. The summed E-state index contributed by atoms with van der Waals surface area (Å²) in [6.07, 6.45) is 1.80. The Kier molecular flexibility index (Phi) is 5.15. The molecule has 0 bridgehead atoms. The fraction of sp³-hybridized carbons (Fsp3) is 0.438. The number of ether oxygens (including phenoxy) is 1. The second-order valence-electron chi connectivity index (χ2n) is 5.12. The number of para-hydroxylation sites is 1. The van der Waals surface area contributed by atoms with Gasteiger partial charge in [-0.05, 0) is 37.8 Å². The van der Waals surface area contributed by atoms with E-state index in [0.29, 0.717) is 6.61 Å². The topological polar surface area (TPSA) is 48.1 Å². The van der Waals surface area contributed by atoms with Crippen LogP contribution in [0, 0.1) is 6.92 Å². The third kappa shape index (κ3) is 3.81. The summed E-state index contributed by atoms with van der Waals surface area (Å²) in [5.41, 5.74) is 9.23. The van der Waals surface area contributed by atoms with Gasteiger partial charge in [0.25, 0.3) is 0 Å². The van der Waals surface area contributed by atoms with Gasteiger partial charge in [0.1, 0.15) is 12.4 Å². The predicted molar refractivity (Wildman–Crippen MR) is 84.4 cm³/mol. The van der Waals surface area contributed by atoms with E-state index >= 15 is 0 Å². The maximum absolute atomic E-state index is 6.00. The van der Waals surface area contributed by atoms with Crippen molar-refractivity contribution in [2.24, 2.45) is 5.73 Å². The third-order valence-corrected chi connectivity index (χ3v) is 4.14. The van der Waals surface area contributed by atoms with Gasteiger partial charge >= 0.3 is 0 Å². The fourth-order valence-corrected chi connectivity index (χ4v) is 2.88. The van der Waals surface area contributed by atoms with Crippen LogP contribution in [-0.2, 0) is 19.4 Å². The highest BCUT2D eigenvalue weighted by molar-refractivity contribution is 7.09. The molecule has 1 aromatic heterocycles. The zero-order valence-corrected chi connectivity index (χ0v) is 13.2. The SMILES string of the molecule is CCc1nc(COc2c(C)cccc2CC(C)N)cs1. The average Bonchev–Trinajstić information content (AvgIpc) is 2.85. The Morgan fingerprint density at radius 2 is 2.20 bits per heavy atom. The lowest BCUT2D eigenvalue weighted by molar-refractivity contribution is 0.296. The second kappa shape index (κ2) is 6.86. The van der Waals surface area contributed by atoms with Crippen molar-refractivity contribution < 1.29 is 4.74 Å². The molecular formula is C16H22N2OS. The van der Waals surface area contributed by atoms with Gasteiger partial charge in [0.2, 0.25) is 0 Å². The largest absolute Gasteiger partial charge is 0.487 e. The molecule has 1 heterocycles. The van der Waals surface area contributed by atoms with Crippen LogP contribution in [0.25, 0.3) is 0 Å². The summed E-state index contributed by atoms with van der Waals surface area (Å²) in [5.74, 6) is 0.954. The van der Waals surface area contributed by atoms with Crippen LogP contribution in [0.1, 0.15) is 35.7 Å². The molecule has 0 aliphatic carbocycles. The summed E-state index contributed by atoms with van der Waals surface area (Å²) >= 11 is 1.69. The van der Waals surface area contributed by atoms with Crippen LogP contribution in [0.15, 0.2) is 23.6 Å². The van der Waals surface area contributed by atoms with E-state index in [4.69, 9.17) is 10.5 Å². The summed E-state index contributed by atoms with van der Waals surface area (Å²) in [7, 11) is 0. The minimum atomic E-state index is 0.130. The van der Waals surface area contributed by atoms with Crippen LogP contribution in [0.2, 0.25) is 0 Å². The van der Waals surface area contributed by atoms with Gasteiger partial charge in [-0.2, -0.15) is 0 Å². The number of thiazole rings is 1. The molecule has 2 N–H and O–H groups in total. The van der Waals surface area contributed by atoms with E-state index < -0.39 is 0 Å². The molecule has 0 aliphatic heterocycles. The first-order chi connectivity index (χ1) is 9.60. The van der Waals surface area contributed by atoms with E-state index in [1.807, 2.05) is 6.92 Å². The van der Waals surface area contributed by atoms with Crippen LogP contribution in [-0.4, -0.2) is 11.0 Å². The molecule has 20 heavy (non-hydrogen) atoms. The maximum Gasteiger partial charge on any atom is 0.131 e. The second-order valence-corrected chi connectivity index (χ2v) is 6.06. The van der Waals surface area contributed by atoms with Gasteiger partial charge in [0, 0.05) is 11.4 Å². The van der Waals surface area contributed by atoms with Gasteiger partial charge < -0.3 is 10.5 Å². The summed E-state index contributed by atoms with van der Waals surface area (Å²) < 4.78 is 6.00. The van der Waals surface area contributed by atoms with E-state index in [-0.39, 0.29) is 6.04 Å². The van der Waals surface area contributed by atoms with E-state index in [1.165, 1.54) is 5.56 Å². The van der Waals surface area contributed by atoms with Crippen molar-refractivity contribution in [3.05, 3.63) is 45.4 Å². The lowest BCUT2D eigenvalue weighted by atomic mass is 10.0. The smallest absolute Gasteiger partial charge is 0.131 e. The Bertz CT molecular complexity index is 563. The van der Waals surface area contributed by atoms with Crippen molar-refractivity contribution in [2.75, 3.05) is 0 Å². The summed E-state index contributed by atoms with van der Waals surface area (Å²) in [4.78, 5) is 4.53. The van der Waals surface area contributed by atoms with E-state index in [9.17, 15) is 0 Å². The van der Waals surface area contributed by atoms with Crippen molar-refractivity contribution in [1.82, 2.24) is 4.98 Å². The predicted octanol–water partition coefficient (Wildman–Crippen LogP) is 3.48. The molecule has 0 amide bonds. The minimum absolute atomic E-state index is 0.130. The number of nitrogens with two attached hydrogens (primary N) is 1. The number of nitrogens with zero attached hydrogens (tertiary/aromatic N) is 1. The summed E-state index contributed by atoms with van der Waals surface area (Å²) in [5, 5.41) is 3.23. The van der Waals surface area contributed by atoms with Gasteiger partial charge in [-0.1, -0.05) is 25.1 Å². The van der Waals surface area contributed by atoms with Gasteiger partial charge in [-0.25, -0.2) is 4.98 Å². The Hall–Kier alpha value is -1.39. The molecule has 108 valence electrons. The Morgan fingerprint density at radius 3 is 2.85 bits per heavy atom. The molecule has 4 heteroatoms. The number of aryl methyl sites for hydroxylation is 2. The Balaban J connectivity index is 2.11. The molecule has 1 aromatic carbocycles. The molecule has 0 saturated carbocycles. The molecule has 1 unspecified atom stereocenters. The van der Waals surface area contributed by atoms with Crippen LogP contribution in [0.4, 0.5) is 0 Å². The molecule has 0 fully saturated rings. The van der Waals surface area contributed by atoms with Gasteiger partial charge in [-0.3, -0.25) is 0 Å². The minimum Gasteiger partial charge on any atom is -0.487 e.